The Kier molecular flexibility index (Phi) is 6.75. The van der Waals surface area contributed by atoms with Gasteiger partial charge in [-0.2, -0.15) is 0 Å². The van der Waals surface area contributed by atoms with Gasteiger partial charge in [-0.25, -0.2) is 0 Å². The minimum absolute atomic E-state index is 0.0821. The third kappa shape index (κ3) is 4.74. The van der Waals surface area contributed by atoms with Crippen LogP contribution in [0.2, 0.25) is 10.0 Å². The van der Waals surface area contributed by atoms with Crippen molar-refractivity contribution in [2.24, 2.45) is 0 Å². The summed E-state index contributed by atoms with van der Waals surface area (Å²) in [7, 11) is 1.63. The van der Waals surface area contributed by atoms with Gasteiger partial charge in [0.05, 0.1) is 10.0 Å². The Morgan fingerprint density at radius 2 is 1.82 bits per heavy atom. The van der Waals surface area contributed by atoms with E-state index < -0.39 is 0 Å². The molecule has 2 aromatic rings. The zero-order chi connectivity index (χ0) is 20.3. The van der Waals surface area contributed by atoms with Crippen molar-refractivity contribution in [2.75, 3.05) is 26.7 Å². The Labute approximate surface area is 174 Å². The minimum atomic E-state index is -0.385. The number of carbonyl (C=O) groups excluding carboxylic acids is 1. The third-order valence-corrected chi connectivity index (χ3v) is 5.85. The predicted molar refractivity (Wildman–Crippen MR) is 110 cm³/mol. The third-order valence-electron chi connectivity index (χ3n) is 5.11. The first-order valence-corrected chi connectivity index (χ1v) is 10.1. The molecule has 1 fully saturated rings. The quantitative estimate of drug-likeness (QED) is 0.734. The topological polar surface area (TPSA) is 68.9 Å². The molecule has 1 aliphatic heterocycles. The fourth-order valence-electron chi connectivity index (χ4n) is 3.48. The van der Waals surface area contributed by atoms with Crippen LogP contribution in [0, 0.1) is 0 Å². The number of hydrogen-bond donors (Lipinski definition) is 2. The van der Waals surface area contributed by atoms with Crippen molar-refractivity contribution >= 4 is 29.1 Å². The maximum Gasteiger partial charge on any atom is 0.259 e. The smallest absolute Gasteiger partial charge is 0.259 e. The van der Waals surface area contributed by atoms with E-state index in [1.165, 1.54) is 34.9 Å². The summed E-state index contributed by atoms with van der Waals surface area (Å²) < 4.78 is 1.53. The van der Waals surface area contributed by atoms with Crippen molar-refractivity contribution in [3.63, 3.8) is 0 Å². The van der Waals surface area contributed by atoms with Crippen LogP contribution in [0.5, 0.6) is 11.6 Å². The average Bonchev–Trinajstić information content (AvgIpc) is 2.97. The molecule has 8 heteroatoms. The highest BCUT2D eigenvalue weighted by Crippen LogP contribution is 2.32. The molecular weight excluding hydrogens is 401 g/mol. The minimum Gasteiger partial charge on any atom is -0.503 e. The van der Waals surface area contributed by atoms with Gasteiger partial charge in [-0.3, -0.25) is 4.79 Å². The van der Waals surface area contributed by atoms with Crippen LogP contribution in [0.4, 0.5) is 0 Å². The van der Waals surface area contributed by atoms with E-state index in [0.29, 0.717) is 23.1 Å². The summed E-state index contributed by atoms with van der Waals surface area (Å²) >= 11 is 11.9. The number of nitrogens with zero attached hydrogens (tertiary/aromatic N) is 3. The number of hydrogen-bond acceptors (Lipinski definition) is 4. The highest BCUT2D eigenvalue weighted by molar-refractivity contribution is 6.42. The first-order chi connectivity index (χ1) is 13.4. The summed E-state index contributed by atoms with van der Waals surface area (Å²) in [6.07, 6.45) is 5.15. The predicted octanol–water partition coefficient (Wildman–Crippen LogP) is 3.96. The average molecular weight is 426 g/mol. The monoisotopic (exact) mass is 425 g/mol. The molecule has 0 unspecified atom stereocenters. The number of likely N-dealkylation sites (tertiary alicyclic amines) is 1. The number of rotatable bonds is 6. The molecule has 1 aromatic heterocycles. The largest absolute Gasteiger partial charge is 0.503 e. The van der Waals surface area contributed by atoms with Crippen LogP contribution in [0.25, 0.3) is 0 Å². The van der Waals surface area contributed by atoms with Gasteiger partial charge < -0.3 is 24.6 Å². The van der Waals surface area contributed by atoms with Crippen molar-refractivity contribution in [1.82, 2.24) is 14.4 Å². The summed E-state index contributed by atoms with van der Waals surface area (Å²) in [4.78, 5) is 16.6. The molecule has 3 rings (SSSR count). The maximum atomic E-state index is 12.8. The van der Waals surface area contributed by atoms with Gasteiger partial charge in [-0.1, -0.05) is 35.7 Å². The molecule has 2 N–H and O–H groups in total. The van der Waals surface area contributed by atoms with Crippen molar-refractivity contribution < 1.29 is 15.0 Å². The Morgan fingerprint density at radius 3 is 2.50 bits per heavy atom. The maximum absolute atomic E-state index is 12.8. The highest BCUT2D eigenvalue weighted by Gasteiger charge is 2.23. The molecule has 0 aliphatic carbocycles. The van der Waals surface area contributed by atoms with Crippen molar-refractivity contribution in [3.05, 3.63) is 45.6 Å². The molecular formula is C20H25Cl2N3O3. The zero-order valence-electron chi connectivity index (χ0n) is 15.9. The van der Waals surface area contributed by atoms with Gasteiger partial charge in [0.2, 0.25) is 5.88 Å². The lowest BCUT2D eigenvalue weighted by molar-refractivity contribution is 0.0782. The Bertz CT molecular complexity index is 847. The SMILES string of the molecule is CN(Cc1ccc(Cl)c(Cl)c1)C(=O)c1cn(CCN2CCCCC2)c(O)c1O. The van der Waals surface area contributed by atoms with Crippen LogP contribution in [-0.2, 0) is 13.1 Å². The second-order valence-corrected chi connectivity index (χ2v) is 8.03. The molecule has 0 spiro atoms. The molecule has 1 aliphatic rings. The Hall–Kier alpha value is -1.89. The summed E-state index contributed by atoms with van der Waals surface area (Å²) in [6, 6.07) is 5.17. The van der Waals surface area contributed by atoms with E-state index in [0.717, 1.165) is 25.2 Å². The number of carbonyl (C=O) groups is 1. The summed E-state index contributed by atoms with van der Waals surface area (Å²) in [6.45, 7) is 3.69. The van der Waals surface area contributed by atoms with Gasteiger partial charge in [0.25, 0.3) is 5.91 Å². The molecule has 1 aromatic carbocycles. The lowest BCUT2D eigenvalue weighted by Crippen LogP contribution is -2.32. The lowest BCUT2D eigenvalue weighted by Gasteiger charge is -2.26. The highest BCUT2D eigenvalue weighted by atomic mass is 35.5. The number of piperidine rings is 1. The van der Waals surface area contributed by atoms with Crippen molar-refractivity contribution in [1.29, 1.82) is 0 Å². The number of halogens is 2. The number of amides is 1. The number of aromatic nitrogens is 1. The van der Waals surface area contributed by atoms with E-state index in [2.05, 4.69) is 4.90 Å². The van der Waals surface area contributed by atoms with Crippen LogP contribution < -0.4 is 0 Å². The van der Waals surface area contributed by atoms with Crippen molar-refractivity contribution in [2.45, 2.75) is 32.4 Å². The van der Waals surface area contributed by atoms with E-state index >= 15 is 0 Å². The molecule has 1 saturated heterocycles. The first-order valence-electron chi connectivity index (χ1n) is 9.39. The Balaban J connectivity index is 1.67. The summed E-state index contributed by atoms with van der Waals surface area (Å²) in [5, 5.41) is 21.3. The molecule has 0 atom stereocenters. The number of aromatic hydroxyl groups is 2. The Morgan fingerprint density at radius 1 is 1.11 bits per heavy atom. The van der Waals surface area contributed by atoms with Gasteiger partial charge in [0.1, 0.15) is 5.56 Å². The lowest BCUT2D eigenvalue weighted by atomic mass is 10.1. The van der Waals surface area contributed by atoms with Gasteiger partial charge in [-0.15, -0.1) is 0 Å². The molecule has 0 saturated carbocycles. The molecule has 2 heterocycles. The standard InChI is InChI=1S/C20H25Cl2N3O3/c1-23(12-14-5-6-16(21)17(22)11-14)19(27)15-13-25(20(28)18(15)26)10-9-24-7-3-2-4-8-24/h5-6,11,13,26,28H,2-4,7-10,12H2,1H3. The van der Waals surface area contributed by atoms with E-state index in [9.17, 15) is 15.0 Å². The second-order valence-electron chi connectivity index (χ2n) is 7.22. The van der Waals surface area contributed by atoms with E-state index in [1.807, 2.05) is 0 Å². The fourth-order valence-corrected chi connectivity index (χ4v) is 3.80. The van der Waals surface area contributed by atoms with Crippen LogP contribution in [0.1, 0.15) is 35.2 Å². The van der Waals surface area contributed by atoms with Crippen molar-refractivity contribution in [3.8, 4) is 11.6 Å². The van der Waals surface area contributed by atoms with Crippen LogP contribution in [-0.4, -0.2) is 57.2 Å². The molecule has 6 nitrogen and oxygen atoms in total. The van der Waals surface area contributed by atoms with Gasteiger partial charge in [0, 0.05) is 32.9 Å². The molecule has 0 radical (unpaired) electrons. The molecule has 28 heavy (non-hydrogen) atoms. The molecule has 0 bridgehead atoms. The van der Waals surface area contributed by atoms with Gasteiger partial charge in [-0.05, 0) is 43.6 Å². The van der Waals surface area contributed by atoms with Gasteiger partial charge in [0.15, 0.2) is 5.75 Å². The molecule has 1 amide bonds. The van der Waals surface area contributed by atoms with Crippen LogP contribution in [0.3, 0.4) is 0 Å². The van der Waals surface area contributed by atoms with E-state index in [-0.39, 0.29) is 23.1 Å². The first kappa shape index (κ1) is 20.8. The van der Waals surface area contributed by atoms with E-state index in [4.69, 9.17) is 23.2 Å². The summed E-state index contributed by atoms with van der Waals surface area (Å²) in [5.74, 6) is -1.04. The van der Waals surface area contributed by atoms with Crippen LogP contribution in [0.15, 0.2) is 24.4 Å². The van der Waals surface area contributed by atoms with Gasteiger partial charge >= 0.3 is 0 Å². The fraction of sp³-hybridized carbons (Fsp3) is 0.450. The second kappa shape index (κ2) is 9.07. The normalized spacial score (nSPS) is 15.0. The van der Waals surface area contributed by atoms with E-state index in [1.54, 1.807) is 25.2 Å². The zero-order valence-corrected chi connectivity index (χ0v) is 17.4. The van der Waals surface area contributed by atoms with Crippen LogP contribution >= 0.6 is 23.2 Å². The summed E-state index contributed by atoms with van der Waals surface area (Å²) in [5.41, 5.74) is 0.900. The molecule has 152 valence electrons. The number of benzene rings is 1.